The molecule has 168 valence electrons. The first-order chi connectivity index (χ1) is 15.5. The molecular weight excluding hydrogens is 404 g/mol. The molecular formula is C25H30N4O3. The summed E-state index contributed by atoms with van der Waals surface area (Å²) in [5.74, 6) is -0.0592. The number of anilines is 1. The quantitative estimate of drug-likeness (QED) is 0.551. The van der Waals surface area contributed by atoms with Gasteiger partial charge in [0.05, 0.1) is 24.4 Å². The number of fused-ring (bicyclic) bond motifs is 1. The molecule has 0 saturated carbocycles. The third-order valence-electron chi connectivity index (χ3n) is 5.86. The monoisotopic (exact) mass is 434 g/mol. The number of benzene rings is 2. The van der Waals surface area contributed by atoms with Crippen LogP contribution in [0.3, 0.4) is 0 Å². The Morgan fingerprint density at radius 2 is 1.88 bits per heavy atom. The number of amides is 3. The molecule has 3 amide bonds. The molecule has 2 heterocycles. The highest BCUT2D eigenvalue weighted by Gasteiger charge is 2.26. The average Bonchev–Trinajstić information content (AvgIpc) is 3.19. The molecule has 1 aromatic heterocycles. The number of urea groups is 1. The molecule has 2 aromatic carbocycles. The maximum absolute atomic E-state index is 13.5. The number of hydrogen-bond acceptors (Lipinski definition) is 3. The largest absolute Gasteiger partial charge is 0.378 e. The van der Waals surface area contributed by atoms with Gasteiger partial charge >= 0.3 is 6.03 Å². The number of nitrogens with one attached hydrogen (secondary N) is 3. The zero-order valence-electron chi connectivity index (χ0n) is 18.8. The predicted molar refractivity (Wildman–Crippen MR) is 127 cm³/mol. The number of carbonyl (C=O) groups excluding carboxylic acids is 2. The summed E-state index contributed by atoms with van der Waals surface area (Å²) in [6.45, 7) is 8.17. The summed E-state index contributed by atoms with van der Waals surface area (Å²) in [6, 6.07) is 13.7. The van der Waals surface area contributed by atoms with E-state index >= 15 is 0 Å². The number of carbonyl (C=O) groups is 2. The Bertz CT molecular complexity index is 1120. The van der Waals surface area contributed by atoms with E-state index in [0.29, 0.717) is 37.7 Å². The maximum Gasteiger partial charge on any atom is 0.319 e. The second-order valence-electron chi connectivity index (χ2n) is 8.29. The van der Waals surface area contributed by atoms with Crippen LogP contribution in [0.25, 0.3) is 22.0 Å². The summed E-state index contributed by atoms with van der Waals surface area (Å²) in [7, 11) is 0. The molecule has 3 N–H and O–H groups in total. The smallest absolute Gasteiger partial charge is 0.319 e. The Hall–Kier alpha value is -3.32. The lowest BCUT2D eigenvalue weighted by Crippen LogP contribution is -2.41. The van der Waals surface area contributed by atoms with E-state index < -0.39 is 0 Å². The fourth-order valence-electron chi connectivity index (χ4n) is 4.01. The topological polar surface area (TPSA) is 86.5 Å². The summed E-state index contributed by atoms with van der Waals surface area (Å²) in [5, 5.41) is 6.82. The number of morpholine rings is 1. The Kier molecular flexibility index (Phi) is 6.46. The summed E-state index contributed by atoms with van der Waals surface area (Å²) in [4.78, 5) is 31.2. The number of aromatic nitrogens is 1. The molecule has 1 unspecified atom stereocenters. The Labute approximate surface area is 188 Å². The molecule has 1 aliphatic heterocycles. The molecule has 7 heteroatoms. The third kappa shape index (κ3) is 4.48. The predicted octanol–water partition coefficient (Wildman–Crippen LogP) is 4.54. The van der Waals surface area contributed by atoms with Crippen LogP contribution in [0.5, 0.6) is 0 Å². The van der Waals surface area contributed by atoms with Crippen molar-refractivity contribution in [2.45, 2.75) is 33.2 Å². The number of hydrogen-bond donors (Lipinski definition) is 3. The van der Waals surface area contributed by atoms with Crippen molar-refractivity contribution in [1.82, 2.24) is 15.2 Å². The van der Waals surface area contributed by atoms with Gasteiger partial charge in [0.1, 0.15) is 5.69 Å². The zero-order chi connectivity index (χ0) is 22.7. The average molecular weight is 435 g/mol. The van der Waals surface area contributed by atoms with Crippen molar-refractivity contribution in [3.05, 3.63) is 53.7 Å². The first-order valence-electron chi connectivity index (χ1n) is 11.1. The van der Waals surface area contributed by atoms with Gasteiger partial charge in [-0.3, -0.25) is 4.79 Å². The maximum atomic E-state index is 13.5. The minimum absolute atomic E-state index is 0.0592. The van der Waals surface area contributed by atoms with Crippen LogP contribution in [0.2, 0.25) is 0 Å². The number of rotatable bonds is 5. The highest BCUT2D eigenvalue weighted by atomic mass is 16.5. The molecule has 0 bridgehead atoms. The summed E-state index contributed by atoms with van der Waals surface area (Å²) < 4.78 is 5.42. The lowest BCUT2D eigenvalue weighted by atomic mass is 9.99. The summed E-state index contributed by atoms with van der Waals surface area (Å²) >= 11 is 0. The molecule has 32 heavy (non-hydrogen) atoms. The highest BCUT2D eigenvalue weighted by molar-refractivity contribution is 6.13. The van der Waals surface area contributed by atoms with Crippen LogP contribution in [0, 0.1) is 6.92 Å². The lowest BCUT2D eigenvalue weighted by Gasteiger charge is -2.26. The molecule has 0 radical (unpaired) electrons. The van der Waals surface area contributed by atoms with Gasteiger partial charge in [0.15, 0.2) is 0 Å². The molecule has 0 aliphatic carbocycles. The number of aromatic amines is 1. The van der Waals surface area contributed by atoms with E-state index in [4.69, 9.17) is 4.74 Å². The highest BCUT2D eigenvalue weighted by Crippen LogP contribution is 2.37. The number of nitrogens with zero attached hydrogens (tertiary/aromatic N) is 1. The van der Waals surface area contributed by atoms with E-state index in [0.717, 1.165) is 34.0 Å². The van der Waals surface area contributed by atoms with Crippen molar-refractivity contribution < 1.29 is 14.3 Å². The SMILES string of the molecule is CCC(C)NC(=O)Nc1cc(C)cc2c(-c3ccccc3)c(C(=O)N3CCOCC3)[nH]c12. The molecule has 4 rings (SSSR count). The Morgan fingerprint density at radius 1 is 1.16 bits per heavy atom. The van der Waals surface area contributed by atoms with Crippen molar-refractivity contribution in [2.75, 3.05) is 31.6 Å². The van der Waals surface area contributed by atoms with Crippen LogP contribution in [0.1, 0.15) is 36.3 Å². The standard InChI is InChI=1S/C25H30N4O3/c1-4-17(3)26-25(31)27-20-15-16(2)14-19-21(18-8-6-5-7-9-18)23(28-22(19)20)24(30)29-10-12-32-13-11-29/h5-9,14-15,17,28H,4,10-13H2,1-3H3,(H2,26,27,31). The van der Waals surface area contributed by atoms with E-state index in [9.17, 15) is 9.59 Å². The number of H-pyrrole nitrogens is 1. The normalized spacial score (nSPS) is 14.9. The van der Waals surface area contributed by atoms with Gasteiger partial charge in [-0.05, 0) is 43.5 Å². The molecule has 3 aromatic rings. The van der Waals surface area contributed by atoms with E-state index in [2.05, 4.69) is 21.7 Å². The molecule has 0 spiro atoms. The van der Waals surface area contributed by atoms with Gasteiger partial charge in [0.25, 0.3) is 5.91 Å². The number of ether oxygens (including phenoxy) is 1. The molecule has 1 atom stereocenters. The van der Waals surface area contributed by atoms with Crippen molar-refractivity contribution in [2.24, 2.45) is 0 Å². The molecule has 1 saturated heterocycles. The van der Waals surface area contributed by atoms with Crippen LogP contribution >= 0.6 is 0 Å². The Morgan fingerprint density at radius 3 is 2.56 bits per heavy atom. The third-order valence-corrected chi connectivity index (χ3v) is 5.86. The van der Waals surface area contributed by atoms with E-state index in [1.165, 1.54) is 0 Å². The van der Waals surface area contributed by atoms with Crippen molar-refractivity contribution in [3.63, 3.8) is 0 Å². The van der Waals surface area contributed by atoms with Crippen molar-refractivity contribution >= 4 is 28.5 Å². The molecule has 1 aliphatic rings. The lowest BCUT2D eigenvalue weighted by molar-refractivity contribution is 0.0300. The van der Waals surface area contributed by atoms with Gasteiger partial charge in [0.2, 0.25) is 0 Å². The first kappa shape index (κ1) is 21.9. The van der Waals surface area contributed by atoms with E-state index in [1.807, 2.05) is 62.1 Å². The fourth-order valence-corrected chi connectivity index (χ4v) is 4.01. The van der Waals surface area contributed by atoms with E-state index in [1.54, 1.807) is 0 Å². The van der Waals surface area contributed by atoms with Crippen LogP contribution in [0.4, 0.5) is 10.5 Å². The van der Waals surface area contributed by atoms with Crippen molar-refractivity contribution in [1.29, 1.82) is 0 Å². The number of aryl methyl sites for hydroxylation is 1. The molecule has 7 nitrogen and oxygen atoms in total. The zero-order valence-corrected chi connectivity index (χ0v) is 18.8. The fraction of sp³-hybridized carbons (Fsp3) is 0.360. The van der Waals surface area contributed by atoms with Gasteiger partial charge in [0, 0.05) is 30.1 Å². The summed E-state index contributed by atoms with van der Waals surface area (Å²) in [6.07, 6.45) is 0.843. The second-order valence-corrected chi connectivity index (χ2v) is 8.29. The second kappa shape index (κ2) is 9.44. The minimum atomic E-state index is -0.261. The van der Waals surface area contributed by atoms with Gasteiger partial charge in [-0.1, -0.05) is 37.3 Å². The van der Waals surface area contributed by atoms with Gasteiger partial charge < -0.3 is 25.3 Å². The van der Waals surface area contributed by atoms with Gasteiger partial charge in [-0.2, -0.15) is 0 Å². The van der Waals surface area contributed by atoms with Crippen LogP contribution in [-0.4, -0.2) is 54.2 Å². The molecule has 1 fully saturated rings. The van der Waals surface area contributed by atoms with Crippen LogP contribution in [0.15, 0.2) is 42.5 Å². The van der Waals surface area contributed by atoms with Crippen molar-refractivity contribution in [3.8, 4) is 11.1 Å². The first-order valence-corrected chi connectivity index (χ1v) is 11.1. The summed E-state index contributed by atoms with van der Waals surface area (Å²) in [5.41, 5.74) is 4.73. The van der Waals surface area contributed by atoms with Gasteiger partial charge in [-0.25, -0.2) is 4.79 Å². The van der Waals surface area contributed by atoms with E-state index in [-0.39, 0.29) is 18.0 Å². The Balaban J connectivity index is 1.83. The minimum Gasteiger partial charge on any atom is -0.378 e. The van der Waals surface area contributed by atoms with Crippen LogP contribution in [-0.2, 0) is 4.74 Å². The van der Waals surface area contributed by atoms with Gasteiger partial charge in [-0.15, -0.1) is 0 Å². The van der Waals surface area contributed by atoms with Crippen LogP contribution < -0.4 is 10.6 Å².